The second-order valence-corrected chi connectivity index (χ2v) is 7.30. The second kappa shape index (κ2) is 4.92. The number of aromatic nitrogens is 1. The topological polar surface area (TPSA) is 84.3 Å². The summed E-state index contributed by atoms with van der Waals surface area (Å²) in [6.45, 7) is 3.59. The first-order valence-corrected chi connectivity index (χ1v) is 7.93. The van der Waals surface area contributed by atoms with Crippen molar-refractivity contribution >= 4 is 15.8 Å². The molecular formula is C13H17NO4S. The van der Waals surface area contributed by atoms with Crippen LogP contribution >= 0.6 is 0 Å². The Morgan fingerprint density at radius 2 is 2.11 bits per heavy atom. The predicted molar refractivity (Wildman–Crippen MR) is 70.1 cm³/mol. The van der Waals surface area contributed by atoms with E-state index >= 15 is 0 Å². The highest BCUT2D eigenvalue weighted by atomic mass is 32.2. The maximum atomic E-state index is 12.4. The Hall–Kier alpha value is -1.43. The normalized spacial score (nSPS) is 15.7. The number of pyridine rings is 1. The van der Waals surface area contributed by atoms with Gasteiger partial charge in [0.1, 0.15) is 4.90 Å². The molecule has 0 aliphatic heterocycles. The van der Waals surface area contributed by atoms with Crippen molar-refractivity contribution in [2.45, 2.75) is 37.5 Å². The summed E-state index contributed by atoms with van der Waals surface area (Å²) in [4.78, 5) is 14.9. The molecule has 0 saturated heterocycles. The Labute approximate surface area is 112 Å². The van der Waals surface area contributed by atoms with Gasteiger partial charge >= 0.3 is 5.97 Å². The highest BCUT2D eigenvalue weighted by molar-refractivity contribution is 7.91. The molecule has 1 heterocycles. The summed E-state index contributed by atoms with van der Waals surface area (Å²) >= 11 is 0. The predicted octanol–water partition coefficient (Wildman–Crippen LogP) is 2.09. The van der Waals surface area contributed by atoms with E-state index in [9.17, 15) is 13.2 Å². The first-order chi connectivity index (χ1) is 8.83. The minimum Gasteiger partial charge on any atom is -0.476 e. The average molecular weight is 283 g/mol. The number of carboxylic acid groups (broad SMARTS) is 1. The van der Waals surface area contributed by atoms with Crippen molar-refractivity contribution in [2.75, 3.05) is 5.75 Å². The van der Waals surface area contributed by atoms with Crippen LogP contribution in [0, 0.1) is 5.92 Å². The molecule has 0 radical (unpaired) electrons. The van der Waals surface area contributed by atoms with Crippen LogP contribution in [0.25, 0.3) is 0 Å². The number of hydrogen-bond donors (Lipinski definition) is 1. The fourth-order valence-corrected chi connectivity index (χ4v) is 4.25. The van der Waals surface area contributed by atoms with Crippen LogP contribution in [0.3, 0.4) is 0 Å². The molecule has 0 unspecified atom stereocenters. The Bertz CT molecular complexity index is 603. The maximum Gasteiger partial charge on any atom is 0.355 e. The van der Waals surface area contributed by atoms with Crippen LogP contribution in [0.4, 0.5) is 0 Å². The zero-order valence-electron chi connectivity index (χ0n) is 11.0. The van der Waals surface area contributed by atoms with Crippen molar-refractivity contribution in [1.82, 2.24) is 4.98 Å². The van der Waals surface area contributed by atoms with Gasteiger partial charge in [-0.25, -0.2) is 18.2 Å². The molecule has 1 aromatic rings. The molecule has 104 valence electrons. The summed E-state index contributed by atoms with van der Waals surface area (Å²) in [5, 5.41) is 9.16. The third-order valence-corrected chi connectivity index (χ3v) is 5.18. The number of carboxylic acids is 1. The van der Waals surface area contributed by atoms with E-state index in [4.69, 9.17) is 5.11 Å². The fraction of sp³-hybridized carbons (Fsp3) is 0.538. The standard InChI is InChI=1S/C13H17NO4S/c1-8(2)7-19(17,18)12-10(9-3-4-9)5-6-14-11(12)13(15)16/h5-6,8-9H,3-4,7H2,1-2H3,(H,15,16). The van der Waals surface area contributed by atoms with Gasteiger partial charge in [0.05, 0.1) is 5.75 Å². The van der Waals surface area contributed by atoms with Crippen molar-refractivity contribution in [3.8, 4) is 0 Å². The lowest BCUT2D eigenvalue weighted by molar-refractivity contribution is 0.0685. The monoisotopic (exact) mass is 283 g/mol. The summed E-state index contributed by atoms with van der Waals surface area (Å²) in [6.07, 6.45) is 3.20. The summed E-state index contributed by atoms with van der Waals surface area (Å²) in [5.74, 6) is -1.24. The lowest BCUT2D eigenvalue weighted by atomic mass is 10.1. The number of carbonyl (C=O) groups is 1. The third kappa shape index (κ3) is 2.94. The van der Waals surface area contributed by atoms with Crippen molar-refractivity contribution < 1.29 is 18.3 Å². The summed E-state index contributed by atoms with van der Waals surface area (Å²) in [5.41, 5.74) is 0.276. The van der Waals surface area contributed by atoms with Gasteiger partial charge in [-0.1, -0.05) is 13.8 Å². The largest absolute Gasteiger partial charge is 0.476 e. The summed E-state index contributed by atoms with van der Waals surface area (Å²) in [6, 6.07) is 1.64. The van der Waals surface area contributed by atoms with E-state index in [0.717, 1.165) is 12.8 Å². The molecule has 0 bridgehead atoms. The van der Waals surface area contributed by atoms with Crippen molar-refractivity contribution in [3.05, 3.63) is 23.5 Å². The van der Waals surface area contributed by atoms with Gasteiger partial charge in [-0.15, -0.1) is 0 Å². The van der Waals surface area contributed by atoms with Crippen LogP contribution in [0.2, 0.25) is 0 Å². The number of hydrogen-bond acceptors (Lipinski definition) is 4. The quantitative estimate of drug-likeness (QED) is 0.894. The van der Waals surface area contributed by atoms with E-state index in [1.54, 1.807) is 19.9 Å². The van der Waals surface area contributed by atoms with E-state index in [1.165, 1.54) is 6.20 Å². The van der Waals surface area contributed by atoms with Gasteiger partial charge in [-0.2, -0.15) is 0 Å². The Kier molecular flexibility index (Phi) is 3.62. The lowest BCUT2D eigenvalue weighted by Gasteiger charge is -2.13. The van der Waals surface area contributed by atoms with Gasteiger partial charge in [0.15, 0.2) is 15.5 Å². The van der Waals surface area contributed by atoms with Gasteiger partial charge in [0.25, 0.3) is 0 Å². The molecule has 0 spiro atoms. The molecular weight excluding hydrogens is 266 g/mol. The zero-order valence-corrected chi connectivity index (χ0v) is 11.8. The van der Waals surface area contributed by atoms with Crippen molar-refractivity contribution in [2.24, 2.45) is 5.92 Å². The molecule has 0 amide bonds. The molecule has 1 aliphatic carbocycles. The number of aromatic carboxylic acids is 1. The molecule has 1 N–H and O–H groups in total. The van der Waals surface area contributed by atoms with Crippen molar-refractivity contribution in [1.29, 1.82) is 0 Å². The number of nitrogens with zero attached hydrogens (tertiary/aromatic N) is 1. The maximum absolute atomic E-state index is 12.4. The lowest BCUT2D eigenvalue weighted by Crippen LogP contribution is -2.19. The van der Waals surface area contributed by atoms with Crippen LogP contribution in [0.15, 0.2) is 17.2 Å². The van der Waals surface area contributed by atoms with E-state index < -0.39 is 15.8 Å². The van der Waals surface area contributed by atoms with Gasteiger partial charge in [0, 0.05) is 6.20 Å². The van der Waals surface area contributed by atoms with Gasteiger partial charge in [-0.3, -0.25) is 0 Å². The fourth-order valence-electron chi connectivity index (χ4n) is 2.18. The van der Waals surface area contributed by atoms with E-state index in [1.807, 2.05) is 0 Å². The van der Waals surface area contributed by atoms with Gasteiger partial charge in [-0.05, 0) is 36.3 Å². The van der Waals surface area contributed by atoms with Gasteiger partial charge in [0.2, 0.25) is 0 Å². The average Bonchev–Trinajstić information content (AvgIpc) is 3.09. The SMILES string of the molecule is CC(C)CS(=O)(=O)c1c(C2CC2)ccnc1C(=O)O. The van der Waals surface area contributed by atoms with E-state index in [2.05, 4.69) is 4.98 Å². The van der Waals surface area contributed by atoms with Gasteiger partial charge < -0.3 is 5.11 Å². The minimum atomic E-state index is -3.61. The molecule has 5 nitrogen and oxygen atoms in total. The van der Waals surface area contributed by atoms with Crippen LogP contribution in [-0.4, -0.2) is 30.2 Å². The van der Waals surface area contributed by atoms with Crippen LogP contribution < -0.4 is 0 Å². The highest BCUT2D eigenvalue weighted by Gasteiger charge is 2.34. The Morgan fingerprint density at radius 1 is 1.47 bits per heavy atom. The summed E-state index contributed by atoms with van der Waals surface area (Å²) < 4.78 is 24.8. The van der Waals surface area contributed by atoms with E-state index in [-0.39, 0.29) is 28.2 Å². The molecule has 6 heteroatoms. The Morgan fingerprint density at radius 3 is 2.58 bits per heavy atom. The van der Waals surface area contributed by atoms with Crippen LogP contribution in [0.5, 0.6) is 0 Å². The minimum absolute atomic E-state index is 0.0566. The summed E-state index contributed by atoms with van der Waals surface area (Å²) in [7, 11) is -3.61. The number of rotatable bonds is 5. The molecule has 0 atom stereocenters. The van der Waals surface area contributed by atoms with Crippen LogP contribution in [0.1, 0.15) is 48.7 Å². The van der Waals surface area contributed by atoms with E-state index in [0.29, 0.717) is 5.56 Å². The van der Waals surface area contributed by atoms with Crippen LogP contribution in [-0.2, 0) is 9.84 Å². The molecule has 2 rings (SSSR count). The molecule has 1 saturated carbocycles. The van der Waals surface area contributed by atoms with Crippen molar-refractivity contribution in [3.63, 3.8) is 0 Å². The molecule has 1 fully saturated rings. The molecule has 1 aromatic heterocycles. The molecule has 0 aromatic carbocycles. The highest BCUT2D eigenvalue weighted by Crippen LogP contribution is 2.43. The molecule has 1 aliphatic rings. The third-order valence-electron chi connectivity index (χ3n) is 3.02. The number of sulfone groups is 1. The molecule has 19 heavy (non-hydrogen) atoms. The Balaban J connectivity index is 2.61. The first kappa shape index (κ1) is 14.0. The second-order valence-electron chi connectivity index (χ2n) is 5.33. The first-order valence-electron chi connectivity index (χ1n) is 6.28. The smallest absolute Gasteiger partial charge is 0.355 e. The zero-order chi connectivity index (χ0) is 14.2.